The van der Waals surface area contributed by atoms with Gasteiger partial charge in [-0.2, -0.15) is 0 Å². The van der Waals surface area contributed by atoms with Crippen LogP contribution in [0.1, 0.15) is 19.8 Å². The highest BCUT2D eigenvalue weighted by atomic mass is 32.1. The van der Waals surface area contributed by atoms with Crippen molar-refractivity contribution >= 4 is 23.5 Å². The molecule has 0 unspecified atom stereocenters. The van der Waals surface area contributed by atoms with Gasteiger partial charge in [0.15, 0.2) is 0 Å². The summed E-state index contributed by atoms with van der Waals surface area (Å²) in [5.41, 5.74) is 4.78. The Morgan fingerprint density at radius 3 is 2.67 bits per heavy atom. The van der Waals surface area contributed by atoms with E-state index in [9.17, 15) is 4.79 Å². The van der Waals surface area contributed by atoms with Crippen molar-refractivity contribution in [2.45, 2.75) is 19.8 Å². The fourth-order valence-corrected chi connectivity index (χ4v) is 0.824. The minimum absolute atomic E-state index is 0.135. The van der Waals surface area contributed by atoms with E-state index in [0.29, 0.717) is 0 Å². The normalized spacial score (nSPS) is 9.17. The van der Waals surface area contributed by atoms with Crippen LogP contribution in [-0.2, 0) is 4.74 Å². The third-order valence-electron chi connectivity index (χ3n) is 1.35. The van der Waals surface area contributed by atoms with Crippen molar-refractivity contribution in [3.63, 3.8) is 0 Å². The first-order valence-electron chi connectivity index (χ1n) is 3.80. The third-order valence-corrected chi connectivity index (χ3v) is 1.74. The first-order valence-corrected chi connectivity index (χ1v) is 4.21. The number of nitrogens with two attached hydrogens (primary N) is 1. The average Bonchev–Trinajstić information content (AvgIpc) is 1.98. The van der Waals surface area contributed by atoms with Gasteiger partial charge in [0.25, 0.3) is 5.17 Å². The molecule has 0 atom stereocenters. The number of thiocarbonyl (C=S) groups is 1. The van der Waals surface area contributed by atoms with E-state index in [1.54, 1.807) is 11.9 Å². The highest BCUT2D eigenvalue weighted by molar-refractivity contribution is 7.80. The Morgan fingerprint density at radius 1 is 1.67 bits per heavy atom. The summed E-state index contributed by atoms with van der Waals surface area (Å²) in [6.07, 6.45) is 1.23. The van der Waals surface area contributed by atoms with Crippen molar-refractivity contribution in [1.82, 2.24) is 4.90 Å². The van der Waals surface area contributed by atoms with Gasteiger partial charge < -0.3 is 15.4 Å². The van der Waals surface area contributed by atoms with E-state index in [-0.39, 0.29) is 5.17 Å². The van der Waals surface area contributed by atoms with Crippen LogP contribution in [0.4, 0.5) is 4.79 Å². The predicted molar refractivity (Wildman–Crippen MR) is 50.8 cm³/mol. The fraction of sp³-hybridized carbons (Fsp3) is 0.714. The van der Waals surface area contributed by atoms with Crippen LogP contribution in [-0.4, -0.2) is 29.8 Å². The Morgan fingerprint density at radius 2 is 2.25 bits per heavy atom. The number of hydrogen-bond acceptors (Lipinski definition) is 3. The van der Waals surface area contributed by atoms with Crippen molar-refractivity contribution in [2.75, 3.05) is 13.6 Å². The zero-order valence-corrected chi connectivity index (χ0v) is 8.19. The number of unbranched alkanes of at least 4 members (excludes halogenated alkanes) is 1. The van der Waals surface area contributed by atoms with E-state index < -0.39 is 6.09 Å². The van der Waals surface area contributed by atoms with E-state index in [2.05, 4.69) is 11.7 Å². The molecule has 2 N–H and O–H groups in total. The molecule has 0 aliphatic heterocycles. The molecule has 4 nitrogen and oxygen atoms in total. The molecule has 0 saturated heterocycles. The van der Waals surface area contributed by atoms with Crippen molar-refractivity contribution in [3.05, 3.63) is 0 Å². The molecule has 1 amide bonds. The molecule has 0 radical (unpaired) electrons. The summed E-state index contributed by atoms with van der Waals surface area (Å²) >= 11 is 4.77. The van der Waals surface area contributed by atoms with Crippen LogP contribution >= 0.6 is 12.2 Å². The van der Waals surface area contributed by atoms with Gasteiger partial charge in [-0.15, -0.1) is 0 Å². The Labute approximate surface area is 77.7 Å². The molecule has 0 rings (SSSR count). The number of hydrogen-bond donors (Lipinski definition) is 1. The summed E-state index contributed by atoms with van der Waals surface area (Å²) in [5, 5.41) is 0.135. The Balaban J connectivity index is 3.69. The maximum Gasteiger partial charge on any atom is 0.411 e. The van der Waals surface area contributed by atoms with Crippen molar-refractivity contribution in [2.24, 2.45) is 5.73 Å². The molecule has 0 heterocycles. The molecule has 0 aliphatic carbocycles. The summed E-state index contributed by atoms with van der Waals surface area (Å²) in [6, 6.07) is 0. The maximum atomic E-state index is 10.3. The second kappa shape index (κ2) is 5.77. The van der Waals surface area contributed by atoms with Gasteiger partial charge >= 0.3 is 6.09 Å². The number of ether oxygens (including phenoxy) is 1. The minimum atomic E-state index is -0.858. The number of carbonyl (C=O) groups is 1. The first kappa shape index (κ1) is 11.2. The second-order valence-corrected chi connectivity index (χ2v) is 2.81. The van der Waals surface area contributed by atoms with E-state index >= 15 is 0 Å². The SMILES string of the molecule is CCCCN(C)C(=S)OC(N)=O. The molecular weight excluding hydrogens is 176 g/mol. The van der Waals surface area contributed by atoms with Crippen molar-refractivity contribution in [3.8, 4) is 0 Å². The Bertz CT molecular complexity index is 173. The summed E-state index contributed by atoms with van der Waals surface area (Å²) in [4.78, 5) is 12.0. The van der Waals surface area contributed by atoms with Gasteiger partial charge in [0, 0.05) is 13.6 Å². The highest BCUT2D eigenvalue weighted by Gasteiger charge is 2.06. The number of primary amides is 1. The monoisotopic (exact) mass is 190 g/mol. The van der Waals surface area contributed by atoms with Gasteiger partial charge in [0.05, 0.1) is 0 Å². The summed E-state index contributed by atoms with van der Waals surface area (Å²) < 4.78 is 4.51. The number of rotatable bonds is 3. The lowest BCUT2D eigenvalue weighted by atomic mass is 10.3. The molecule has 0 aromatic rings. The Kier molecular flexibility index (Phi) is 5.36. The molecule has 12 heavy (non-hydrogen) atoms. The molecule has 0 saturated carbocycles. The molecule has 0 bridgehead atoms. The largest absolute Gasteiger partial charge is 0.411 e. The second-order valence-electron chi connectivity index (χ2n) is 2.46. The number of amides is 1. The van der Waals surface area contributed by atoms with Crippen LogP contribution < -0.4 is 5.73 Å². The zero-order valence-electron chi connectivity index (χ0n) is 7.37. The van der Waals surface area contributed by atoms with E-state index in [0.717, 1.165) is 19.4 Å². The van der Waals surface area contributed by atoms with Crippen LogP contribution in [0.2, 0.25) is 0 Å². The minimum Gasteiger partial charge on any atom is -0.383 e. The molecule has 70 valence electrons. The molecular formula is C7H14N2O2S. The van der Waals surface area contributed by atoms with Crippen LogP contribution in [0, 0.1) is 0 Å². The van der Waals surface area contributed by atoms with E-state index in [1.165, 1.54) is 0 Å². The molecule has 0 aliphatic rings. The lowest BCUT2D eigenvalue weighted by Crippen LogP contribution is -2.31. The van der Waals surface area contributed by atoms with E-state index in [4.69, 9.17) is 18.0 Å². The quantitative estimate of drug-likeness (QED) is 0.677. The lowest BCUT2D eigenvalue weighted by Gasteiger charge is -2.17. The molecule has 0 fully saturated rings. The van der Waals surface area contributed by atoms with Gasteiger partial charge in [0.1, 0.15) is 0 Å². The standard InChI is InChI=1S/C7H14N2O2S/c1-3-4-5-9(2)7(12)11-6(8)10/h3-5H2,1-2H3,(H2,8,10). The molecule has 0 aromatic heterocycles. The lowest BCUT2D eigenvalue weighted by molar-refractivity contribution is 0.200. The zero-order chi connectivity index (χ0) is 9.56. The molecule has 0 spiro atoms. The smallest absolute Gasteiger partial charge is 0.383 e. The Hall–Kier alpha value is -0.840. The molecule has 5 heteroatoms. The number of nitrogens with zero attached hydrogens (tertiary/aromatic N) is 1. The third kappa shape index (κ3) is 4.90. The van der Waals surface area contributed by atoms with Crippen LogP contribution in [0.3, 0.4) is 0 Å². The average molecular weight is 190 g/mol. The molecule has 0 aromatic carbocycles. The number of carbonyl (C=O) groups excluding carboxylic acids is 1. The van der Waals surface area contributed by atoms with Gasteiger partial charge in [-0.3, -0.25) is 0 Å². The summed E-state index contributed by atoms with van der Waals surface area (Å²) in [5.74, 6) is 0. The topological polar surface area (TPSA) is 55.6 Å². The first-order chi connectivity index (χ1) is 5.57. The van der Waals surface area contributed by atoms with Crippen LogP contribution in [0.5, 0.6) is 0 Å². The van der Waals surface area contributed by atoms with Gasteiger partial charge in [-0.25, -0.2) is 4.79 Å². The van der Waals surface area contributed by atoms with Crippen molar-refractivity contribution in [1.29, 1.82) is 0 Å². The van der Waals surface area contributed by atoms with Gasteiger partial charge in [0.2, 0.25) is 0 Å². The van der Waals surface area contributed by atoms with Crippen LogP contribution in [0.15, 0.2) is 0 Å². The van der Waals surface area contributed by atoms with Crippen molar-refractivity contribution < 1.29 is 9.53 Å². The summed E-state index contributed by atoms with van der Waals surface area (Å²) in [6.45, 7) is 2.86. The summed E-state index contributed by atoms with van der Waals surface area (Å²) in [7, 11) is 1.76. The predicted octanol–water partition coefficient (Wildman–Crippen LogP) is 1.10. The maximum absolute atomic E-state index is 10.3. The van der Waals surface area contributed by atoms with E-state index in [1.807, 2.05) is 0 Å². The van der Waals surface area contributed by atoms with Gasteiger partial charge in [-0.05, 0) is 18.6 Å². The fourth-order valence-electron chi connectivity index (χ4n) is 0.651. The highest BCUT2D eigenvalue weighted by Crippen LogP contribution is 1.95. The van der Waals surface area contributed by atoms with Gasteiger partial charge in [-0.1, -0.05) is 13.3 Å². The van der Waals surface area contributed by atoms with Crippen LogP contribution in [0.25, 0.3) is 0 Å².